The van der Waals surface area contributed by atoms with Crippen molar-refractivity contribution in [2.45, 2.75) is 0 Å². The van der Waals surface area contributed by atoms with Gasteiger partial charge >= 0.3 is 0 Å². The van der Waals surface area contributed by atoms with Crippen molar-refractivity contribution < 1.29 is 4.74 Å². The molecule has 0 saturated heterocycles. The number of ether oxygens (including phenoxy) is 1. The zero-order valence-electron chi connectivity index (χ0n) is 8.99. The van der Waals surface area contributed by atoms with Gasteiger partial charge in [-0.3, -0.25) is 0 Å². The molecule has 100 valence electrons. The summed E-state index contributed by atoms with van der Waals surface area (Å²) >= 11 is 35.3. The topological polar surface area (TPSA) is 9.23 Å². The second-order valence-electron chi connectivity index (χ2n) is 3.50. The highest BCUT2D eigenvalue weighted by molar-refractivity contribution is 6.48. The summed E-state index contributed by atoms with van der Waals surface area (Å²) in [5.41, 5.74) is 0. The molecule has 0 unspecified atom stereocenters. The molecule has 0 heterocycles. The average Bonchev–Trinajstić information content (AvgIpc) is 2.33. The van der Waals surface area contributed by atoms with Gasteiger partial charge in [-0.1, -0.05) is 69.6 Å². The van der Waals surface area contributed by atoms with Gasteiger partial charge in [0.15, 0.2) is 0 Å². The second kappa shape index (κ2) is 6.17. The lowest BCUT2D eigenvalue weighted by Crippen LogP contribution is -1.86. The van der Waals surface area contributed by atoms with E-state index in [0.717, 1.165) is 0 Å². The molecular weight excluding hydrogens is 373 g/mol. The molecule has 0 aliphatic rings. The predicted molar refractivity (Wildman–Crippen MR) is 83.0 cm³/mol. The van der Waals surface area contributed by atoms with E-state index in [1.54, 1.807) is 0 Å². The summed E-state index contributed by atoms with van der Waals surface area (Å²) < 4.78 is 5.56. The van der Waals surface area contributed by atoms with Crippen molar-refractivity contribution in [2.75, 3.05) is 0 Å². The Bertz CT molecular complexity index is 539. The third-order valence-corrected chi connectivity index (χ3v) is 4.54. The summed E-state index contributed by atoms with van der Waals surface area (Å²) in [7, 11) is 0. The van der Waals surface area contributed by atoms with Gasteiger partial charge in [-0.2, -0.15) is 0 Å². The van der Waals surface area contributed by atoms with Gasteiger partial charge in [0.2, 0.25) is 0 Å². The number of hydrogen-bond acceptors (Lipinski definition) is 1. The first kappa shape index (κ1) is 15.4. The van der Waals surface area contributed by atoms with E-state index in [2.05, 4.69) is 0 Å². The standard InChI is InChI=1S/C12H4Cl6O/c13-7-1-5(2-8(14)11(7)17)19-6-3-9(15)12(18)10(16)4-6/h1-4H. The minimum Gasteiger partial charge on any atom is -0.457 e. The van der Waals surface area contributed by atoms with E-state index in [1.807, 2.05) is 0 Å². The zero-order chi connectivity index (χ0) is 14.2. The lowest BCUT2D eigenvalue weighted by atomic mass is 10.3. The van der Waals surface area contributed by atoms with Crippen molar-refractivity contribution in [2.24, 2.45) is 0 Å². The highest BCUT2D eigenvalue weighted by Gasteiger charge is 2.10. The molecule has 0 radical (unpaired) electrons. The van der Waals surface area contributed by atoms with Crippen LogP contribution in [0.5, 0.6) is 11.5 Å². The number of benzene rings is 2. The molecule has 1 nitrogen and oxygen atoms in total. The molecule has 0 bridgehead atoms. The van der Waals surface area contributed by atoms with E-state index in [-0.39, 0.29) is 30.1 Å². The fourth-order valence-electron chi connectivity index (χ4n) is 1.32. The van der Waals surface area contributed by atoms with Crippen molar-refractivity contribution in [3.05, 3.63) is 54.4 Å². The molecule has 2 aromatic rings. The van der Waals surface area contributed by atoms with Crippen LogP contribution >= 0.6 is 69.6 Å². The number of rotatable bonds is 2. The first-order chi connectivity index (χ1) is 8.88. The second-order valence-corrected chi connectivity index (χ2v) is 5.89. The van der Waals surface area contributed by atoms with E-state index in [4.69, 9.17) is 74.3 Å². The van der Waals surface area contributed by atoms with Crippen LogP contribution in [0.4, 0.5) is 0 Å². The molecule has 7 heteroatoms. The lowest BCUT2D eigenvalue weighted by Gasteiger charge is -2.09. The molecule has 0 amide bonds. The Morgan fingerprint density at radius 1 is 0.526 bits per heavy atom. The van der Waals surface area contributed by atoms with Gasteiger partial charge < -0.3 is 4.74 Å². The Hall–Kier alpha value is -0.0200. The average molecular weight is 377 g/mol. The van der Waals surface area contributed by atoms with Crippen LogP contribution in [0.2, 0.25) is 30.1 Å². The first-order valence-electron chi connectivity index (χ1n) is 4.85. The van der Waals surface area contributed by atoms with Gasteiger partial charge in [0.25, 0.3) is 0 Å². The maximum Gasteiger partial charge on any atom is 0.130 e. The maximum atomic E-state index is 5.90. The fourth-order valence-corrected chi connectivity index (χ4v) is 2.47. The molecule has 0 aromatic heterocycles. The highest BCUT2D eigenvalue weighted by Crippen LogP contribution is 2.39. The minimum atomic E-state index is 0.267. The molecule has 0 N–H and O–H groups in total. The van der Waals surface area contributed by atoms with E-state index >= 15 is 0 Å². The van der Waals surface area contributed by atoms with E-state index in [0.29, 0.717) is 11.5 Å². The molecule has 0 aliphatic heterocycles. The summed E-state index contributed by atoms with van der Waals surface area (Å²) in [6.45, 7) is 0. The zero-order valence-corrected chi connectivity index (χ0v) is 13.5. The first-order valence-corrected chi connectivity index (χ1v) is 7.12. The molecule has 2 aromatic carbocycles. The van der Waals surface area contributed by atoms with Crippen LogP contribution in [0.15, 0.2) is 24.3 Å². The Kier molecular flexibility index (Phi) is 4.99. The predicted octanol–water partition coefficient (Wildman–Crippen LogP) is 7.40. The SMILES string of the molecule is Clc1cc(Oc2cc(Cl)c(Cl)c(Cl)c2)cc(Cl)c1Cl. The summed E-state index contributed by atoms with van der Waals surface area (Å²) in [5, 5.41) is 1.68. The van der Waals surface area contributed by atoms with Crippen LogP contribution in [-0.2, 0) is 0 Å². The van der Waals surface area contributed by atoms with Gasteiger partial charge in [-0.15, -0.1) is 0 Å². The molecule has 0 fully saturated rings. The molecule has 0 aliphatic carbocycles. The summed E-state index contributed by atoms with van der Waals surface area (Å²) in [6, 6.07) is 6.14. The summed E-state index contributed by atoms with van der Waals surface area (Å²) in [6.07, 6.45) is 0. The van der Waals surface area contributed by atoms with E-state index in [9.17, 15) is 0 Å². The highest BCUT2D eigenvalue weighted by atomic mass is 35.5. The summed E-state index contributed by atoms with van der Waals surface area (Å²) in [5.74, 6) is 0.822. The van der Waals surface area contributed by atoms with Gasteiger partial charge in [0.1, 0.15) is 11.5 Å². The van der Waals surface area contributed by atoms with Crippen molar-refractivity contribution in [3.8, 4) is 11.5 Å². The Morgan fingerprint density at radius 3 is 1.05 bits per heavy atom. The molecule has 0 spiro atoms. The van der Waals surface area contributed by atoms with E-state index in [1.165, 1.54) is 24.3 Å². The van der Waals surface area contributed by atoms with Crippen LogP contribution in [0.3, 0.4) is 0 Å². The van der Waals surface area contributed by atoms with Gasteiger partial charge in [-0.25, -0.2) is 0 Å². The number of hydrogen-bond donors (Lipinski definition) is 0. The van der Waals surface area contributed by atoms with Gasteiger partial charge in [0.05, 0.1) is 30.1 Å². The fraction of sp³-hybridized carbons (Fsp3) is 0. The van der Waals surface area contributed by atoms with E-state index < -0.39 is 0 Å². The van der Waals surface area contributed by atoms with Crippen LogP contribution in [0.25, 0.3) is 0 Å². The Morgan fingerprint density at radius 2 is 0.789 bits per heavy atom. The molecule has 0 atom stereocenters. The number of halogens is 6. The van der Waals surface area contributed by atoms with Crippen LogP contribution in [0, 0.1) is 0 Å². The van der Waals surface area contributed by atoms with Crippen molar-refractivity contribution in [1.82, 2.24) is 0 Å². The molecule has 0 saturated carbocycles. The molecule has 19 heavy (non-hydrogen) atoms. The van der Waals surface area contributed by atoms with Crippen LogP contribution < -0.4 is 4.74 Å². The Labute approximate surface area is 139 Å². The van der Waals surface area contributed by atoms with Gasteiger partial charge in [-0.05, 0) is 0 Å². The largest absolute Gasteiger partial charge is 0.457 e. The van der Waals surface area contributed by atoms with Crippen molar-refractivity contribution >= 4 is 69.6 Å². The maximum absolute atomic E-state index is 5.90. The Balaban J connectivity index is 2.36. The quantitative estimate of drug-likeness (QED) is 0.496. The monoisotopic (exact) mass is 374 g/mol. The summed E-state index contributed by atoms with van der Waals surface area (Å²) in [4.78, 5) is 0. The third kappa shape index (κ3) is 3.55. The normalized spacial score (nSPS) is 10.6. The molecular formula is C12H4Cl6O. The van der Waals surface area contributed by atoms with Crippen molar-refractivity contribution in [3.63, 3.8) is 0 Å². The van der Waals surface area contributed by atoms with Crippen LogP contribution in [0.1, 0.15) is 0 Å². The third-order valence-electron chi connectivity index (χ3n) is 2.15. The minimum absolute atomic E-state index is 0.267. The smallest absolute Gasteiger partial charge is 0.130 e. The molecule has 2 rings (SSSR count). The lowest BCUT2D eigenvalue weighted by molar-refractivity contribution is 0.483. The van der Waals surface area contributed by atoms with Gasteiger partial charge in [0, 0.05) is 24.3 Å². The van der Waals surface area contributed by atoms with Crippen molar-refractivity contribution in [1.29, 1.82) is 0 Å². The van der Waals surface area contributed by atoms with Crippen LogP contribution in [-0.4, -0.2) is 0 Å².